The largest absolute Gasteiger partial charge is 0.325 e. The van der Waals surface area contributed by atoms with Crippen molar-refractivity contribution in [2.24, 2.45) is 5.92 Å². The molecule has 4 nitrogen and oxygen atoms in total. The smallest absolute Gasteiger partial charge is 0.224 e. The lowest BCUT2D eigenvalue weighted by Crippen LogP contribution is -2.41. The minimum Gasteiger partial charge on any atom is -0.325 e. The molecular formula is C22H28ClN3O. The number of carbonyl (C=O) groups is 1. The van der Waals surface area contributed by atoms with Gasteiger partial charge in [-0.1, -0.05) is 29.8 Å². The van der Waals surface area contributed by atoms with Crippen LogP contribution < -0.4 is 5.32 Å². The number of para-hydroxylation sites is 1. The van der Waals surface area contributed by atoms with Crippen LogP contribution in [0.5, 0.6) is 0 Å². The van der Waals surface area contributed by atoms with Crippen LogP contribution in [-0.2, 0) is 11.2 Å². The van der Waals surface area contributed by atoms with Gasteiger partial charge in [-0.25, -0.2) is 0 Å². The molecule has 1 aromatic carbocycles. The second kappa shape index (κ2) is 9.86. The Bertz CT molecular complexity index is 729. The number of hydrogen-bond donors (Lipinski definition) is 1. The molecule has 0 radical (unpaired) electrons. The van der Waals surface area contributed by atoms with Crippen molar-refractivity contribution in [3.8, 4) is 0 Å². The predicted octanol–water partition coefficient (Wildman–Crippen LogP) is 4.80. The molecule has 1 saturated heterocycles. The van der Waals surface area contributed by atoms with Crippen LogP contribution in [0.1, 0.15) is 38.2 Å². The zero-order valence-corrected chi connectivity index (χ0v) is 16.7. The number of amides is 1. The number of halogens is 1. The number of hydrogen-bond acceptors (Lipinski definition) is 3. The van der Waals surface area contributed by atoms with Crippen LogP contribution >= 0.6 is 11.6 Å². The van der Waals surface area contributed by atoms with E-state index in [1.807, 2.05) is 36.7 Å². The van der Waals surface area contributed by atoms with Crippen molar-refractivity contribution in [3.05, 3.63) is 59.4 Å². The van der Waals surface area contributed by atoms with Crippen LogP contribution in [0.25, 0.3) is 0 Å². The Balaban J connectivity index is 1.38. The predicted molar refractivity (Wildman–Crippen MR) is 111 cm³/mol. The summed E-state index contributed by atoms with van der Waals surface area (Å²) in [5.41, 5.74) is 1.99. The third kappa shape index (κ3) is 6.05. The van der Waals surface area contributed by atoms with E-state index in [9.17, 15) is 4.79 Å². The molecule has 1 aliphatic rings. The first-order chi connectivity index (χ1) is 13.1. The Kier molecular flexibility index (Phi) is 7.25. The fourth-order valence-corrected chi connectivity index (χ4v) is 3.96. The van der Waals surface area contributed by atoms with E-state index in [1.54, 1.807) is 6.07 Å². The maximum Gasteiger partial charge on any atom is 0.224 e. The first-order valence-electron chi connectivity index (χ1n) is 9.79. The molecule has 5 heteroatoms. The Morgan fingerprint density at radius 3 is 2.74 bits per heavy atom. The van der Waals surface area contributed by atoms with Gasteiger partial charge in [0.1, 0.15) is 0 Å². The topological polar surface area (TPSA) is 45.2 Å². The van der Waals surface area contributed by atoms with Gasteiger partial charge in [-0.3, -0.25) is 9.78 Å². The molecule has 0 unspecified atom stereocenters. The third-order valence-corrected chi connectivity index (χ3v) is 5.78. The Morgan fingerprint density at radius 2 is 2.04 bits per heavy atom. The van der Waals surface area contributed by atoms with Gasteiger partial charge in [-0.2, -0.15) is 0 Å². The summed E-state index contributed by atoms with van der Waals surface area (Å²) in [5, 5.41) is 3.50. The quantitative estimate of drug-likeness (QED) is 0.744. The number of likely N-dealkylation sites (tertiary alicyclic amines) is 1. The van der Waals surface area contributed by atoms with Gasteiger partial charge in [0, 0.05) is 24.9 Å². The molecule has 1 fully saturated rings. The first-order valence-corrected chi connectivity index (χ1v) is 10.2. The highest BCUT2D eigenvalue weighted by atomic mass is 35.5. The molecule has 0 saturated carbocycles. The monoisotopic (exact) mass is 385 g/mol. The van der Waals surface area contributed by atoms with Crippen LogP contribution in [0.15, 0.2) is 48.8 Å². The number of anilines is 1. The number of nitrogens with one attached hydrogen (secondary N) is 1. The fourth-order valence-electron chi connectivity index (χ4n) is 3.78. The number of carbonyl (C=O) groups excluding carboxylic acids is 1. The maximum absolute atomic E-state index is 12.2. The molecule has 1 atom stereocenters. The van der Waals surface area contributed by atoms with Crippen molar-refractivity contribution in [1.29, 1.82) is 0 Å². The first kappa shape index (κ1) is 19.8. The van der Waals surface area contributed by atoms with Crippen LogP contribution in [0.3, 0.4) is 0 Å². The Labute approximate surface area is 166 Å². The number of piperidine rings is 1. The molecule has 3 rings (SSSR count). The van der Waals surface area contributed by atoms with Crippen LogP contribution in [0.2, 0.25) is 5.02 Å². The van der Waals surface area contributed by atoms with Crippen molar-refractivity contribution in [2.45, 2.75) is 45.1 Å². The van der Waals surface area contributed by atoms with Crippen LogP contribution in [0, 0.1) is 5.92 Å². The zero-order valence-electron chi connectivity index (χ0n) is 15.9. The number of aromatic nitrogens is 1. The number of nitrogens with zero attached hydrogens (tertiary/aromatic N) is 2. The summed E-state index contributed by atoms with van der Waals surface area (Å²) in [6, 6.07) is 12.0. The molecule has 1 aromatic heterocycles. The van der Waals surface area contributed by atoms with Crippen molar-refractivity contribution < 1.29 is 4.79 Å². The summed E-state index contributed by atoms with van der Waals surface area (Å²) < 4.78 is 0. The highest BCUT2D eigenvalue weighted by molar-refractivity contribution is 6.33. The molecule has 2 heterocycles. The summed E-state index contributed by atoms with van der Waals surface area (Å²) >= 11 is 6.10. The van der Waals surface area contributed by atoms with Gasteiger partial charge >= 0.3 is 0 Å². The summed E-state index contributed by atoms with van der Waals surface area (Å²) in [6.45, 7) is 4.51. The van der Waals surface area contributed by atoms with E-state index in [1.165, 1.54) is 5.56 Å². The molecule has 1 amide bonds. The number of benzene rings is 1. The third-order valence-electron chi connectivity index (χ3n) is 5.45. The van der Waals surface area contributed by atoms with E-state index in [4.69, 9.17) is 11.6 Å². The molecule has 2 aromatic rings. The standard InChI is InChI=1S/C22H28ClN3O/c1-17(15-19-5-4-12-24-16-19)26-13-10-18(11-14-26)8-9-22(27)25-21-7-3-2-6-20(21)23/h2-7,12,16-18H,8-11,13-15H2,1H3,(H,25,27)/t17-/m1/s1. The average Bonchev–Trinajstić information content (AvgIpc) is 2.69. The maximum atomic E-state index is 12.2. The van der Waals surface area contributed by atoms with Gasteiger partial charge in [0.2, 0.25) is 5.91 Å². The lowest BCUT2D eigenvalue weighted by Gasteiger charge is -2.36. The SMILES string of the molecule is C[C@H](Cc1cccnc1)N1CCC(CCC(=O)Nc2ccccc2Cl)CC1. The Hall–Kier alpha value is -1.91. The molecule has 1 aliphatic heterocycles. The highest BCUT2D eigenvalue weighted by Gasteiger charge is 2.23. The van der Waals surface area contributed by atoms with Gasteiger partial charge in [-0.15, -0.1) is 0 Å². The van der Waals surface area contributed by atoms with Crippen LogP contribution in [0.4, 0.5) is 5.69 Å². The summed E-state index contributed by atoms with van der Waals surface area (Å²) in [4.78, 5) is 19.0. The number of pyridine rings is 1. The normalized spacial score (nSPS) is 16.8. The molecule has 0 bridgehead atoms. The van der Waals surface area contributed by atoms with E-state index in [0.717, 1.165) is 38.8 Å². The molecule has 1 N–H and O–H groups in total. The van der Waals surface area contributed by atoms with E-state index in [-0.39, 0.29) is 5.91 Å². The van der Waals surface area contributed by atoms with Crippen molar-refractivity contribution >= 4 is 23.2 Å². The second-order valence-corrected chi connectivity index (χ2v) is 7.87. The van der Waals surface area contributed by atoms with Crippen LogP contribution in [-0.4, -0.2) is 34.9 Å². The van der Waals surface area contributed by atoms with Crippen molar-refractivity contribution in [1.82, 2.24) is 9.88 Å². The van der Waals surface area contributed by atoms with Crippen molar-refractivity contribution in [3.63, 3.8) is 0 Å². The molecule has 144 valence electrons. The number of rotatable bonds is 7. The van der Waals surface area contributed by atoms with E-state index < -0.39 is 0 Å². The Morgan fingerprint density at radius 1 is 1.26 bits per heavy atom. The summed E-state index contributed by atoms with van der Waals surface area (Å²) in [7, 11) is 0. The zero-order chi connectivity index (χ0) is 19.1. The summed E-state index contributed by atoms with van der Waals surface area (Å²) in [5.74, 6) is 0.680. The minimum absolute atomic E-state index is 0.0514. The van der Waals surface area contributed by atoms with Gasteiger partial charge in [0.25, 0.3) is 0 Å². The minimum atomic E-state index is 0.0514. The molecule has 27 heavy (non-hydrogen) atoms. The average molecular weight is 386 g/mol. The lowest BCUT2D eigenvalue weighted by atomic mass is 9.91. The molecule has 0 aliphatic carbocycles. The fraction of sp³-hybridized carbons (Fsp3) is 0.455. The lowest BCUT2D eigenvalue weighted by molar-refractivity contribution is -0.116. The molecular weight excluding hydrogens is 358 g/mol. The van der Waals surface area contributed by atoms with E-state index in [2.05, 4.69) is 28.2 Å². The summed E-state index contributed by atoms with van der Waals surface area (Å²) in [6.07, 6.45) is 8.65. The van der Waals surface area contributed by atoms with Gasteiger partial charge < -0.3 is 10.2 Å². The second-order valence-electron chi connectivity index (χ2n) is 7.46. The van der Waals surface area contributed by atoms with Crippen molar-refractivity contribution in [2.75, 3.05) is 18.4 Å². The van der Waals surface area contributed by atoms with Gasteiger partial charge in [0.15, 0.2) is 0 Å². The van der Waals surface area contributed by atoms with E-state index in [0.29, 0.717) is 29.1 Å². The molecule has 0 spiro atoms. The van der Waals surface area contributed by atoms with E-state index >= 15 is 0 Å². The van der Waals surface area contributed by atoms with Gasteiger partial charge in [-0.05, 0) is 75.4 Å². The highest BCUT2D eigenvalue weighted by Crippen LogP contribution is 2.25. The van der Waals surface area contributed by atoms with Gasteiger partial charge in [0.05, 0.1) is 10.7 Å².